The van der Waals surface area contributed by atoms with Crippen LogP contribution in [0.3, 0.4) is 0 Å². The van der Waals surface area contributed by atoms with Crippen molar-refractivity contribution in [3.63, 3.8) is 0 Å². The van der Waals surface area contributed by atoms with E-state index in [1.165, 1.54) is 22.3 Å². The first-order valence-electron chi connectivity index (χ1n) is 7.16. The predicted octanol–water partition coefficient (Wildman–Crippen LogP) is 5.45. The van der Waals surface area contributed by atoms with Crippen molar-refractivity contribution < 1.29 is 0 Å². The molecule has 0 heteroatoms. The molecule has 2 rings (SSSR count). The van der Waals surface area contributed by atoms with Gasteiger partial charge in [0.25, 0.3) is 0 Å². The third-order valence-electron chi connectivity index (χ3n) is 3.78. The molecule has 0 heterocycles. The number of hydrogen-bond acceptors (Lipinski definition) is 0. The van der Waals surface area contributed by atoms with Gasteiger partial charge < -0.3 is 0 Å². The summed E-state index contributed by atoms with van der Waals surface area (Å²) in [4.78, 5) is 0. The van der Waals surface area contributed by atoms with Gasteiger partial charge in [0, 0.05) is 0 Å². The molecule has 0 saturated carbocycles. The summed E-state index contributed by atoms with van der Waals surface area (Å²) in [5.74, 6) is 0. The van der Waals surface area contributed by atoms with Crippen LogP contribution in [-0.2, 0) is 12.8 Å². The first kappa shape index (κ1) is 14.3. The van der Waals surface area contributed by atoms with Crippen molar-refractivity contribution in [3.05, 3.63) is 89.5 Å². The van der Waals surface area contributed by atoms with Crippen LogP contribution >= 0.6 is 0 Å². The average Bonchev–Trinajstić information content (AvgIpc) is 2.52. The summed E-state index contributed by atoms with van der Waals surface area (Å²) in [6.07, 6.45) is 4.24. The number of hydrogen-bond donors (Lipinski definition) is 0. The molecule has 0 aliphatic rings. The summed E-state index contributed by atoms with van der Waals surface area (Å²) in [6, 6.07) is 19.2. The lowest BCUT2D eigenvalue weighted by Crippen LogP contribution is -1.97. The van der Waals surface area contributed by atoms with Gasteiger partial charge in [-0.15, -0.1) is 0 Å². The third kappa shape index (κ3) is 3.48. The van der Waals surface area contributed by atoms with Crippen LogP contribution in [-0.4, -0.2) is 0 Å². The Bertz CT molecular complexity index is 603. The Balaban J connectivity index is 2.18. The van der Waals surface area contributed by atoms with Gasteiger partial charge in [-0.2, -0.15) is 0 Å². The summed E-state index contributed by atoms with van der Waals surface area (Å²) in [5.41, 5.74) is 6.42. The van der Waals surface area contributed by atoms with Gasteiger partial charge in [0.2, 0.25) is 0 Å². The van der Waals surface area contributed by atoms with E-state index < -0.39 is 0 Å². The van der Waals surface area contributed by atoms with Crippen molar-refractivity contribution in [2.75, 3.05) is 0 Å². The SMILES string of the molecule is C=C(/C(C)=C\C)c1ccccc1CCc1ccccc1. The highest BCUT2D eigenvalue weighted by molar-refractivity contribution is 5.78. The Hall–Kier alpha value is -2.08. The van der Waals surface area contributed by atoms with Crippen molar-refractivity contribution >= 4 is 5.57 Å². The molecule has 0 amide bonds. The highest BCUT2D eigenvalue weighted by Gasteiger charge is 2.06. The molecule has 0 bridgehead atoms. The summed E-state index contributed by atoms with van der Waals surface area (Å²) in [5, 5.41) is 0. The summed E-state index contributed by atoms with van der Waals surface area (Å²) in [6.45, 7) is 8.43. The fourth-order valence-electron chi connectivity index (χ4n) is 2.34. The maximum absolute atomic E-state index is 4.24. The molecule has 0 unspecified atom stereocenters. The lowest BCUT2D eigenvalue weighted by Gasteiger charge is -2.12. The molecule has 0 N–H and O–H groups in total. The molecular weight excluding hydrogens is 240 g/mol. The predicted molar refractivity (Wildman–Crippen MR) is 88.8 cm³/mol. The molecule has 0 saturated heterocycles. The molecule has 0 aromatic heterocycles. The quantitative estimate of drug-likeness (QED) is 0.628. The molecule has 2 aromatic rings. The number of allylic oxidation sites excluding steroid dienone is 3. The second-order valence-electron chi connectivity index (χ2n) is 5.09. The van der Waals surface area contributed by atoms with Crippen molar-refractivity contribution in [1.82, 2.24) is 0 Å². The van der Waals surface area contributed by atoms with Crippen LogP contribution in [0.1, 0.15) is 30.5 Å². The molecule has 0 nitrogen and oxygen atoms in total. The van der Waals surface area contributed by atoms with Crippen LogP contribution in [0.15, 0.2) is 72.8 Å². The number of aryl methyl sites for hydroxylation is 2. The van der Waals surface area contributed by atoms with Gasteiger partial charge in [0.15, 0.2) is 0 Å². The van der Waals surface area contributed by atoms with Crippen LogP contribution in [0.5, 0.6) is 0 Å². The minimum absolute atomic E-state index is 1.05. The zero-order valence-corrected chi connectivity index (χ0v) is 12.4. The zero-order valence-electron chi connectivity index (χ0n) is 12.4. The molecule has 0 spiro atoms. The van der Waals surface area contributed by atoms with E-state index in [9.17, 15) is 0 Å². The maximum Gasteiger partial charge on any atom is -0.0155 e. The molecule has 102 valence electrons. The Kier molecular flexibility index (Phi) is 4.95. The second kappa shape index (κ2) is 6.91. The van der Waals surface area contributed by atoms with Gasteiger partial charge in [-0.05, 0) is 54.5 Å². The molecule has 0 aliphatic heterocycles. The van der Waals surface area contributed by atoms with Crippen molar-refractivity contribution in [2.24, 2.45) is 0 Å². The van der Waals surface area contributed by atoms with E-state index in [0.717, 1.165) is 18.4 Å². The zero-order chi connectivity index (χ0) is 14.4. The first-order chi connectivity index (χ1) is 9.72. The van der Waals surface area contributed by atoms with Crippen LogP contribution in [0.25, 0.3) is 5.57 Å². The fourth-order valence-corrected chi connectivity index (χ4v) is 2.34. The average molecular weight is 262 g/mol. The Morgan fingerprint density at radius 2 is 1.60 bits per heavy atom. The van der Waals surface area contributed by atoms with Crippen molar-refractivity contribution in [2.45, 2.75) is 26.7 Å². The standard InChI is InChI=1S/C20H22/c1-4-16(2)17(3)20-13-9-8-12-19(20)15-14-18-10-6-5-7-11-18/h4-13H,3,14-15H2,1-2H3/b16-4-. The molecule has 0 radical (unpaired) electrons. The molecular formula is C20H22. The minimum Gasteiger partial charge on any atom is -0.0909 e. The maximum atomic E-state index is 4.24. The lowest BCUT2D eigenvalue weighted by molar-refractivity contribution is 0.956. The fraction of sp³-hybridized carbons (Fsp3) is 0.200. The van der Waals surface area contributed by atoms with Gasteiger partial charge >= 0.3 is 0 Å². The normalized spacial score (nSPS) is 11.4. The molecule has 0 aliphatic carbocycles. The smallest absolute Gasteiger partial charge is 0.0155 e. The van der Waals surface area contributed by atoms with Gasteiger partial charge in [0.05, 0.1) is 0 Å². The van der Waals surface area contributed by atoms with E-state index >= 15 is 0 Å². The van der Waals surface area contributed by atoms with E-state index in [2.05, 4.69) is 81.1 Å². The molecule has 20 heavy (non-hydrogen) atoms. The Morgan fingerprint density at radius 1 is 0.950 bits per heavy atom. The third-order valence-corrected chi connectivity index (χ3v) is 3.78. The Labute approximate surface area is 122 Å². The summed E-state index contributed by atoms with van der Waals surface area (Å²) in [7, 11) is 0. The molecule has 0 atom stereocenters. The van der Waals surface area contributed by atoms with Crippen LogP contribution < -0.4 is 0 Å². The summed E-state index contributed by atoms with van der Waals surface area (Å²) >= 11 is 0. The van der Waals surface area contributed by atoms with Gasteiger partial charge in [-0.1, -0.05) is 67.3 Å². The van der Waals surface area contributed by atoms with Crippen molar-refractivity contribution in [1.29, 1.82) is 0 Å². The highest BCUT2D eigenvalue weighted by atomic mass is 14.1. The largest absolute Gasteiger partial charge is 0.0909 e. The van der Waals surface area contributed by atoms with E-state index in [1.54, 1.807) is 0 Å². The lowest BCUT2D eigenvalue weighted by atomic mass is 9.92. The van der Waals surface area contributed by atoms with Crippen LogP contribution in [0.4, 0.5) is 0 Å². The first-order valence-corrected chi connectivity index (χ1v) is 7.16. The van der Waals surface area contributed by atoms with Gasteiger partial charge in [-0.3, -0.25) is 0 Å². The van der Waals surface area contributed by atoms with Crippen molar-refractivity contribution in [3.8, 4) is 0 Å². The Morgan fingerprint density at radius 3 is 2.30 bits per heavy atom. The van der Waals surface area contributed by atoms with E-state index in [4.69, 9.17) is 0 Å². The van der Waals surface area contributed by atoms with E-state index in [0.29, 0.717) is 0 Å². The molecule has 0 fully saturated rings. The second-order valence-corrected chi connectivity index (χ2v) is 5.09. The van der Waals surface area contributed by atoms with Gasteiger partial charge in [-0.25, -0.2) is 0 Å². The topological polar surface area (TPSA) is 0 Å². The minimum atomic E-state index is 1.05. The van der Waals surface area contributed by atoms with Gasteiger partial charge in [0.1, 0.15) is 0 Å². The van der Waals surface area contributed by atoms with E-state index in [-0.39, 0.29) is 0 Å². The molecule has 2 aromatic carbocycles. The summed E-state index contributed by atoms with van der Waals surface area (Å²) < 4.78 is 0. The highest BCUT2D eigenvalue weighted by Crippen LogP contribution is 2.25. The monoisotopic (exact) mass is 262 g/mol. The van der Waals surface area contributed by atoms with Crippen LogP contribution in [0.2, 0.25) is 0 Å². The number of rotatable bonds is 5. The van der Waals surface area contributed by atoms with E-state index in [1.807, 2.05) is 0 Å². The van der Waals surface area contributed by atoms with Crippen LogP contribution in [0, 0.1) is 0 Å². The number of benzene rings is 2.